The summed E-state index contributed by atoms with van der Waals surface area (Å²) in [6.45, 7) is 3.77. The fourth-order valence-electron chi connectivity index (χ4n) is 2.91. The first-order chi connectivity index (χ1) is 12.4. The minimum atomic E-state index is -4.48. The molecule has 0 bridgehead atoms. The Labute approximate surface area is 146 Å². The maximum Gasteiger partial charge on any atom is 0.433 e. The molecule has 3 aromatic heterocycles. The van der Waals surface area contributed by atoms with E-state index < -0.39 is 11.9 Å². The quantitative estimate of drug-likeness (QED) is 0.683. The number of piperazine rings is 1. The van der Waals surface area contributed by atoms with Crippen molar-refractivity contribution in [2.75, 3.05) is 36.0 Å². The molecule has 0 amide bonds. The first kappa shape index (κ1) is 16.5. The van der Waals surface area contributed by atoms with Gasteiger partial charge in [-0.1, -0.05) is 0 Å². The minimum absolute atomic E-state index is 0.108. The summed E-state index contributed by atoms with van der Waals surface area (Å²) in [5, 5.41) is 12.1. The average Bonchev–Trinajstić information content (AvgIpc) is 3.08. The third kappa shape index (κ3) is 3.11. The van der Waals surface area contributed by atoms with Gasteiger partial charge in [0.05, 0.1) is 0 Å². The second-order valence-electron chi connectivity index (χ2n) is 5.96. The average molecular weight is 364 g/mol. The first-order valence-electron chi connectivity index (χ1n) is 8.00. The molecular weight excluding hydrogens is 349 g/mol. The Morgan fingerprint density at radius 1 is 0.962 bits per heavy atom. The highest BCUT2D eigenvalue weighted by molar-refractivity contribution is 5.48. The number of nitrogens with zero attached hydrogens (tertiary/aromatic N) is 8. The molecule has 0 spiro atoms. The van der Waals surface area contributed by atoms with Gasteiger partial charge in [0.15, 0.2) is 5.65 Å². The number of hydrogen-bond donors (Lipinski definition) is 0. The molecule has 4 rings (SSSR count). The molecular formula is C15H15F3N8. The molecule has 0 radical (unpaired) electrons. The third-order valence-electron chi connectivity index (χ3n) is 4.19. The highest BCUT2D eigenvalue weighted by Gasteiger charge is 2.34. The van der Waals surface area contributed by atoms with Gasteiger partial charge in [0, 0.05) is 32.2 Å². The highest BCUT2D eigenvalue weighted by Crippen LogP contribution is 2.30. The van der Waals surface area contributed by atoms with Crippen molar-refractivity contribution in [3.8, 4) is 0 Å². The Morgan fingerprint density at radius 2 is 1.65 bits per heavy atom. The summed E-state index contributed by atoms with van der Waals surface area (Å²) < 4.78 is 40.5. The van der Waals surface area contributed by atoms with Gasteiger partial charge in [0.25, 0.3) is 0 Å². The summed E-state index contributed by atoms with van der Waals surface area (Å²) in [4.78, 5) is 11.5. The Kier molecular flexibility index (Phi) is 3.85. The second-order valence-corrected chi connectivity index (χ2v) is 5.96. The normalized spacial score (nSPS) is 15.7. The molecule has 0 saturated carbocycles. The largest absolute Gasteiger partial charge is 0.433 e. The van der Waals surface area contributed by atoms with Gasteiger partial charge < -0.3 is 9.80 Å². The van der Waals surface area contributed by atoms with Crippen LogP contribution in [0.15, 0.2) is 24.5 Å². The summed E-state index contributed by atoms with van der Waals surface area (Å²) in [6.07, 6.45) is -2.96. The molecule has 0 aliphatic carbocycles. The number of aromatic nitrogens is 6. The predicted octanol–water partition coefficient (Wildman–Crippen LogP) is 1.57. The van der Waals surface area contributed by atoms with E-state index in [0.29, 0.717) is 37.6 Å². The summed E-state index contributed by atoms with van der Waals surface area (Å²) in [7, 11) is 0. The van der Waals surface area contributed by atoms with Gasteiger partial charge in [-0.15, -0.1) is 15.3 Å². The van der Waals surface area contributed by atoms with Crippen molar-refractivity contribution in [3.63, 3.8) is 0 Å². The molecule has 1 aliphatic rings. The number of halogens is 3. The molecule has 11 heteroatoms. The number of aryl methyl sites for hydroxylation is 1. The molecule has 26 heavy (non-hydrogen) atoms. The smallest absolute Gasteiger partial charge is 0.353 e. The summed E-state index contributed by atoms with van der Waals surface area (Å²) >= 11 is 0. The summed E-state index contributed by atoms with van der Waals surface area (Å²) in [5.41, 5.74) is -0.259. The molecule has 0 unspecified atom stereocenters. The number of alkyl halides is 3. The van der Waals surface area contributed by atoms with Crippen LogP contribution in [-0.4, -0.2) is 56.0 Å². The van der Waals surface area contributed by atoms with E-state index in [0.717, 1.165) is 11.9 Å². The van der Waals surface area contributed by atoms with Crippen molar-refractivity contribution in [1.29, 1.82) is 0 Å². The van der Waals surface area contributed by atoms with Gasteiger partial charge in [-0.25, -0.2) is 9.97 Å². The number of fused-ring (bicyclic) bond motifs is 1. The van der Waals surface area contributed by atoms with E-state index in [1.54, 1.807) is 4.52 Å². The van der Waals surface area contributed by atoms with Crippen molar-refractivity contribution in [3.05, 3.63) is 36.0 Å². The second kappa shape index (κ2) is 6.07. The van der Waals surface area contributed by atoms with Gasteiger partial charge in [0.2, 0.25) is 0 Å². The van der Waals surface area contributed by atoms with Gasteiger partial charge in [-0.3, -0.25) is 0 Å². The molecule has 136 valence electrons. The predicted molar refractivity (Wildman–Crippen MR) is 87.0 cm³/mol. The molecule has 8 nitrogen and oxygen atoms in total. The Hall–Kier alpha value is -2.98. The molecule has 0 N–H and O–H groups in total. The topological polar surface area (TPSA) is 75.3 Å². The molecule has 1 fully saturated rings. The first-order valence-corrected chi connectivity index (χ1v) is 8.00. The molecule has 1 saturated heterocycles. The number of anilines is 2. The monoisotopic (exact) mass is 364 g/mol. The number of hydrogen-bond acceptors (Lipinski definition) is 7. The lowest BCUT2D eigenvalue weighted by Gasteiger charge is -2.36. The fraction of sp³-hybridized carbons (Fsp3) is 0.400. The Morgan fingerprint density at radius 3 is 2.35 bits per heavy atom. The van der Waals surface area contributed by atoms with Crippen LogP contribution in [0, 0.1) is 6.92 Å². The van der Waals surface area contributed by atoms with Gasteiger partial charge >= 0.3 is 6.18 Å². The molecule has 1 aliphatic heterocycles. The van der Waals surface area contributed by atoms with Crippen LogP contribution < -0.4 is 9.80 Å². The van der Waals surface area contributed by atoms with Crippen LogP contribution in [0.4, 0.5) is 24.8 Å². The maximum atomic E-state index is 13.0. The van der Waals surface area contributed by atoms with Crippen molar-refractivity contribution in [2.45, 2.75) is 13.1 Å². The zero-order valence-electron chi connectivity index (χ0n) is 13.8. The van der Waals surface area contributed by atoms with E-state index in [1.807, 2.05) is 17.0 Å². The standard InChI is InChI=1S/C15H15F3N8/c1-10-20-11(15(16,17)18)8-14(21-10)25-6-4-24(5-7-25)13-3-2-12-22-19-9-26(12)23-13/h2-3,8-9H,4-7H2,1H3. The van der Waals surface area contributed by atoms with E-state index in [-0.39, 0.29) is 5.82 Å². The van der Waals surface area contributed by atoms with Gasteiger partial charge in [-0.05, 0) is 19.1 Å². The Bertz CT molecular complexity index is 930. The third-order valence-corrected chi connectivity index (χ3v) is 4.19. The lowest BCUT2D eigenvalue weighted by atomic mass is 10.3. The molecule has 4 heterocycles. The zero-order chi connectivity index (χ0) is 18.3. The van der Waals surface area contributed by atoms with E-state index in [9.17, 15) is 13.2 Å². The van der Waals surface area contributed by atoms with Crippen LogP contribution in [0.5, 0.6) is 0 Å². The van der Waals surface area contributed by atoms with Crippen LogP contribution >= 0.6 is 0 Å². The minimum Gasteiger partial charge on any atom is -0.353 e. The molecule has 0 aromatic carbocycles. The maximum absolute atomic E-state index is 13.0. The molecule has 0 atom stereocenters. The van der Waals surface area contributed by atoms with Crippen molar-refractivity contribution in [2.24, 2.45) is 0 Å². The Balaban J connectivity index is 1.50. The summed E-state index contributed by atoms with van der Waals surface area (Å²) in [6, 6.07) is 4.69. The van der Waals surface area contributed by atoms with E-state index in [1.165, 1.54) is 13.3 Å². The lowest BCUT2D eigenvalue weighted by molar-refractivity contribution is -0.141. The van der Waals surface area contributed by atoms with Gasteiger partial charge in [0.1, 0.15) is 29.5 Å². The SMILES string of the molecule is Cc1nc(N2CCN(c3ccc4nncn4n3)CC2)cc(C(F)(F)F)n1. The summed E-state index contributed by atoms with van der Waals surface area (Å²) in [5.74, 6) is 1.18. The van der Waals surface area contributed by atoms with Crippen LogP contribution in [0.3, 0.4) is 0 Å². The van der Waals surface area contributed by atoms with Gasteiger partial charge in [-0.2, -0.15) is 17.7 Å². The van der Waals surface area contributed by atoms with Crippen LogP contribution in [-0.2, 0) is 6.18 Å². The van der Waals surface area contributed by atoms with Crippen molar-refractivity contribution < 1.29 is 13.2 Å². The number of rotatable bonds is 2. The zero-order valence-corrected chi connectivity index (χ0v) is 13.8. The van der Waals surface area contributed by atoms with E-state index >= 15 is 0 Å². The highest BCUT2D eigenvalue weighted by atomic mass is 19.4. The fourth-order valence-corrected chi connectivity index (χ4v) is 2.91. The van der Waals surface area contributed by atoms with Crippen molar-refractivity contribution >= 4 is 17.3 Å². The van der Waals surface area contributed by atoms with Crippen LogP contribution in [0.1, 0.15) is 11.5 Å². The van der Waals surface area contributed by atoms with Crippen LogP contribution in [0.2, 0.25) is 0 Å². The van der Waals surface area contributed by atoms with E-state index in [2.05, 4.69) is 30.2 Å². The van der Waals surface area contributed by atoms with Crippen molar-refractivity contribution in [1.82, 2.24) is 29.8 Å². The van der Waals surface area contributed by atoms with E-state index in [4.69, 9.17) is 0 Å². The lowest BCUT2D eigenvalue weighted by Crippen LogP contribution is -2.47. The van der Waals surface area contributed by atoms with Crippen LogP contribution in [0.25, 0.3) is 5.65 Å². The molecule has 3 aromatic rings.